The highest BCUT2D eigenvalue weighted by atomic mass is 32.2. The van der Waals surface area contributed by atoms with E-state index in [1.54, 1.807) is 21.6 Å². The molecule has 0 N–H and O–H groups in total. The molecule has 36 heavy (non-hydrogen) atoms. The lowest BCUT2D eigenvalue weighted by Gasteiger charge is -2.37. The number of para-hydroxylation sites is 1. The number of anilines is 2. The summed E-state index contributed by atoms with van der Waals surface area (Å²) in [6.45, 7) is 7.72. The van der Waals surface area contributed by atoms with Gasteiger partial charge < -0.3 is 9.80 Å². The molecule has 9 heteroatoms. The molecule has 186 valence electrons. The second-order valence-electron chi connectivity index (χ2n) is 9.04. The maximum absolute atomic E-state index is 13.7. The Morgan fingerprint density at radius 3 is 2.47 bits per heavy atom. The maximum Gasteiger partial charge on any atom is 0.267 e. The van der Waals surface area contributed by atoms with E-state index in [0.29, 0.717) is 32.8 Å². The van der Waals surface area contributed by atoms with Crippen molar-refractivity contribution < 1.29 is 4.79 Å². The van der Waals surface area contributed by atoms with Crippen LogP contribution in [0.3, 0.4) is 0 Å². The van der Waals surface area contributed by atoms with Crippen molar-refractivity contribution >= 4 is 57.4 Å². The van der Waals surface area contributed by atoms with E-state index in [9.17, 15) is 9.59 Å². The smallest absolute Gasteiger partial charge is 0.267 e. The SMILES string of the molecule is CCCCN1C(=O)/C(=C/c2c(N3CCN(c4ccccc4)CC3)nc3c(C)cccn3c2=O)SC1=S. The Labute approximate surface area is 220 Å². The Morgan fingerprint density at radius 2 is 1.75 bits per heavy atom. The molecule has 0 aliphatic carbocycles. The summed E-state index contributed by atoms with van der Waals surface area (Å²) in [6.07, 6.45) is 5.30. The van der Waals surface area contributed by atoms with E-state index < -0.39 is 0 Å². The number of unbranched alkanes of at least 4 members (excludes halogenated alkanes) is 1. The molecular formula is C27H29N5O2S2. The van der Waals surface area contributed by atoms with Crippen molar-refractivity contribution in [1.82, 2.24) is 14.3 Å². The van der Waals surface area contributed by atoms with E-state index in [2.05, 4.69) is 28.9 Å². The van der Waals surface area contributed by atoms with Crippen LogP contribution in [0.4, 0.5) is 11.5 Å². The predicted octanol–water partition coefficient (Wildman–Crippen LogP) is 4.33. The van der Waals surface area contributed by atoms with Crippen LogP contribution in [0.1, 0.15) is 30.9 Å². The molecule has 0 radical (unpaired) electrons. The van der Waals surface area contributed by atoms with Gasteiger partial charge in [0.05, 0.1) is 10.5 Å². The number of pyridine rings is 1. The fourth-order valence-electron chi connectivity index (χ4n) is 4.62. The summed E-state index contributed by atoms with van der Waals surface area (Å²) in [5.74, 6) is 0.493. The Bertz CT molecular complexity index is 1390. The van der Waals surface area contributed by atoms with Crippen LogP contribution in [-0.2, 0) is 4.79 Å². The Morgan fingerprint density at radius 1 is 1.03 bits per heavy atom. The average molecular weight is 520 g/mol. The largest absolute Gasteiger partial charge is 0.368 e. The van der Waals surface area contributed by atoms with Gasteiger partial charge in [-0.1, -0.05) is 61.6 Å². The van der Waals surface area contributed by atoms with Crippen LogP contribution in [0.25, 0.3) is 11.7 Å². The number of aromatic nitrogens is 2. The highest BCUT2D eigenvalue weighted by Gasteiger charge is 2.33. The number of benzene rings is 1. The Balaban J connectivity index is 1.53. The number of carbonyl (C=O) groups excluding carboxylic acids is 1. The molecule has 5 rings (SSSR count). The summed E-state index contributed by atoms with van der Waals surface area (Å²) in [4.78, 5) is 38.5. The number of nitrogens with zero attached hydrogens (tertiary/aromatic N) is 5. The number of hydrogen-bond donors (Lipinski definition) is 0. The number of aryl methyl sites for hydroxylation is 1. The monoisotopic (exact) mass is 519 g/mol. The van der Waals surface area contributed by atoms with E-state index in [4.69, 9.17) is 17.2 Å². The normalized spacial score (nSPS) is 17.6. The summed E-state index contributed by atoms with van der Waals surface area (Å²) < 4.78 is 2.12. The van der Waals surface area contributed by atoms with Crippen molar-refractivity contribution in [2.45, 2.75) is 26.7 Å². The van der Waals surface area contributed by atoms with Crippen molar-refractivity contribution in [1.29, 1.82) is 0 Å². The van der Waals surface area contributed by atoms with Crippen LogP contribution in [0.5, 0.6) is 0 Å². The molecule has 2 aromatic heterocycles. The number of fused-ring (bicyclic) bond motifs is 1. The third-order valence-electron chi connectivity index (χ3n) is 6.65. The van der Waals surface area contributed by atoms with Crippen LogP contribution in [0.2, 0.25) is 0 Å². The van der Waals surface area contributed by atoms with Crippen molar-refractivity contribution in [2.24, 2.45) is 0 Å². The van der Waals surface area contributed by atoms with E-state index in [-0.39, 0.29) is 11.5 Å². The number of rotatable bonds is 6. The zero-order chi connectivity index (χ0) is 25.2. The predicted molar refractivity (Wildman–Crippen MR) is 152 cm³/mol. The van der Waals surface area contributed by atoms with Gasteiger partial charge in [0.25, 0.3) is 11.5 Å². The zero-order valence-electron chi connectivity index (χ0n) is 20.5. The standard InChI is InChI=1S/C27H29N5O2S2/c1-3-4-12-32-26(34)22(36-27(32)35)18-21-24(28-23-19(2)9-8-13-31(23)25(21)33)30-16-14-29(15-17-30)20-10-6-5-7-11-20/h5-11,13,18H,3-4,12,14-17H2,1-2H3/b22-18-. The molecule has 0 saturated carbocycles. The first-order valence-electron chi connectivity index (χ1n) is 12.3. The number of hydrogen-bond acceptors (Lipinski definition) is 7. The van der Waals surface area contributed by atoms with Crippen molar-refractivity contribution in [3.8, 4) is 0 Å². The first-order valence-corrected chi connectivity index (χ1v) is 13.5. The molecule has 2 aliphatic heterocycles. The summed E-state index contributed by atoms with van der Waals surface area (Å²) in [5, 5.41) is 0. The maximum atomic E-state index is 13.7. The molecule has 4 heterocycles. The number of amides is 1. The van der Waals surface area contributed by atoms with E-state index in [0.717, 1.165) is 44.6 Å². The number of thiocarbonyl (C=S) groups is 1. The second-order valence-corrected chi connectivity index (χ2v) is 10.7. The molecule has 0 spiro atoms. The quantitative estimate of drug-likeness (QED) is 0.355. The fraction of sp³-hybridized carbons (Fsp3) is 0.333. The van der Waals surface area contributed by atoms with Gasteiger partial charge in [0.2, 0.25) is 0 Å². The minimum atomic E-state index is -0.178. The first kappa shape index (κ1) is 24.5. The molecule has 2 saturated heterocycles. The lowest BCUT2D eigenvalue weighted by molar-refractivity contribution is -0.122. The molecule has 3 aromatic rings. The minimum Gasteiger partial charge on any atom is -0.368 e. The van der Waals surface area contributed by atoms with Crippen LogP contribution >= 0.6 is 24.0 Å². The van der Waals surface area contributed by atoms with Gasteiger partial charge in [-0.15, -0.1) is 0 Å². The summed E-state index contributed by atoms with van der Waals surface area (Å²) in [6, 6.07) is 14.1. The van der Waals surface area contributed by atoms with Gasteiger partial charge in [-0.05, 0) is 43.2 Å². The molecule has 2 fully saturated rings. The summed E-state index contributed by atoms with van der Waals surface area (Å²) in [7, 11) is 0. The minimum absolute atomic E-state index is 0.132. The van der Waals surface area contributed by atoms with Crippen molar-refractivity contribution in [3.05, 3.63) is 75.0 Å². The topological polar surface area (TPSA) is 61.2 Å². The Hall–Kier alpha value is -3.17. The van der Waals surface area contributed by atoms with Crippen LogP contribution in [0.15, 0.2) is 58.4 Å². The van der Waals surface area contributed by atoms with Gasteiger partial charge in [-0.2, -0.15) is 0 Å². The third kappa shape index (κ3) is 4.65. The number of carbonyl (C=O) groups is 1. The highest BCUT2D eigenvalue weighted by molar-refractivity contribution is 8.26. The molecule has 1 aromatic carbocycles. The van der Waals surface area contributed by atoms with Gasteiger partial charge in [0, 0.05) is 44.6 Å². The molecule has 0 atom stereocenters. The van der Waals surface area contributed by atoms with Gasteiger partial charge in [-0.3, -0.25) is 18.9 Å². The van der Waals surface area contributed by atoms with Crippen molar-refractivity contribution in [3.63, 3.8) is 0 Å². The molecule has 0 unspecified atom stereocenters. The van der Waals surface area contributed by atoms with Crippen molar-refractivity contribution in [2.75, 3.05) is 42.5 Å². The zero-order valence-corrected chi connectivity index (χ0v) is 22.1. The number of thioether (sulfide) groups is 1. The molecule has 1 amide bonds. The van der Waals surface area contributed by atoms with E-state index in [1.165, 1.54) is 17.4 Å². The Kier molecular flexibility index (Phi) is 7.11. The molecule has 0 bridgehead atoms. The average Bonchev–Trinajstić information content (AvgIpc) is 3.17. The molecule has 7 nitrogen and oxygen atoms in total. The number of piperazine rings is 1. The van der Waals surface area contributed by atoms with Gasteiger partial charge >= 0.3 is 0 Å². The lowest BCUT2D eigenvalue weighted by atomic mass is 10.2. The van der Waals surface area contributed by atoms with Gasteiger partial charge in [0.1, 0.15) is 15.8 Å². The van der Waals surface area contributed by atoms with Crippen LogP contribution < -0.4 is 15.4 Å². The van der Waals surface area contributed by atoms with E-state index in [1.807, 2.05) is 37.3 Å². The van der Waals surface area contributed by atoms with Gasteiger partial charge in [0.15, 0.2) is 0 Å². The first-order chi connectivity index (χ1) is 17.5. The third-order valence-corrected chi connectivity index (χ3v) is 8.03. The molecule has 2 aliphatic rings. The highest BCUT2D eigenvalue weighted by Crippen LogP contribution is 2.34. The van der Waals surface area contributed by atoms with Gasteiger partial charge in [-0.25, -0.2) is 4.98 Å². The summed E-state index contributed by atoms with van der Waals surface area (Å²) in [5.41, 5.74) is 3.01. The van der Waals surface area contributed by atoms with E-state index >= 15 is 0 Å². The van der Waals surface area contributed by atoms with Crippen LogP contribution in [-0.4, -0.2) is 57.2 Å². The second kappa shape index (κ2) is 10.4. The summed E-state index contributed by atoms with van der Waals surface area (Å²) >= 11 is 6.74. The molecular weight excluding hydrogens is 490 g/mol. The van der Waals surface area contributed by atoms with Crippen LogP contribution in [0, 0.1) is 6.92 Å². The fourth-order valence-corrected chi connectivity index (χ4v) is 5.91. The lowest BCUT2D eigenvalue weighted by Crippen LogP contribution is -2.47.